The number of carboxylic acid groups (broad SMARTS) is 1. The van der Waals surface area contributed by atoms with Crippen molar-refractivity contribution < 1.29 is 19.5 Å². The minimum absolute atomic E-state index is 0.00371. The third-order valence-corrected chi connectivity index (χ3v) is 3.29. The standard InChI is InChI=1S/C12H21N3O4/c1-7(8-2-3-8)6-14-12(19)15-9(11(17)18)4-5-10(13)16/h7-9H,2-6H2,1H3,(H2,13,16)(H,17,18)(H2,14,15,19)/t7?,9-/m0/s1. The van der Waals surface area contributed by atoms with E-state index in [4.69, 9.17) is 10.8 Å². The fourth-order valence-corrected chi connectivity index (χ4v) is 1.84. The topological polar surface area (TPSA) is 122 Å². The van der Waals surface area contributed by atoms with E-state index in [-0.39, 0.29) is 12.8 Å². The second kappa shape index (κ2) is 6.96. The highest BCUT2D eigenvalue weighted by molar-refractivity contribution is 5.83. The molecule has 0 saturated heterocycles. The first-order valence-corrected chi connectivity index (χ1v) is 6.45. The van der Waals surface area contributed by atoms with Crippen LogP contribution >= 0.6 is 0 Å². The van der Waals surface area contributed by atoms with Crippen molar-refractivity contribution in [3.05, 3.63) is 0 Å². The van der Waals surface area contributed by atoms with E-state index in [2.05, 4.69) is 17.6 Å². The molecule has 0 radical (unpaired) electrons. The van der Waals surface area contributed by atoms with Crippen molar-refractivity contribution in [1.29, 1.82) is 0 Å². The Balaban J connectivity index is 2.29. The predicted octanol–water partition coefficient (Wildman–Crippen LogP) is 0.0504. The summed E-state index contributed by atoms with van der Waals surface area (Å²) in [5.41, 5.74) is 4.95. The molecular formula is C12H21N3O4. The molecule has 2 atom stereocenters. The Morgan fingerprint density at radius 1 is 1.37 bits per heavy atom. The van der Waals surface area contributed by atoms with Crippen LogP contribution in [0.1, 0.15) is 32.6 Å². The smallest absolute Gasteiger partial charge is 0.326 e. The maximum Gasteiger partial charge on any atom is 0.326 e. The van der Waals surface area contributed by atoms with E-state index in [1.807, 2.05) is 0 Å². The molecule has 7 heteroatoms. The Hall–Kier alpha value is -1.79. The number of primary amides is 1. The summed E-state index contributed by atoms with van der Waals surface area (Å²) in [5, 5.41) is 13.9. The van der Waals surface area contributed by atoms with E-state index >= 15 is 0 Å². The van der Waals surface area contributed by atoms with Gasteiger partial charge in [-0.2, -0.15) is 0 Å². The van der Waals surface area contributed by atoms with Crippen LogP contribution in [0.4, 0.5) is 4.79 Å². The summed E-state index contributed by atoms with van der Waals surface area (Å²) in [6, 6.07) is -1.62. The molecule has 7 nitrogen and oxygen atoms in total. The molecule has 0 heterocycles. The number of carbonyl (C=O) groups is 3. The number of rotatable bonds is 8. The molecule has 1 unspecified atom stereocenters. The first-order chi connectivity index (χ1) is 8.90. The van der Waals surface area contributed by atoms with Crippen LogP contribution < -0.4 is 16.4 Å². The molecule has 0 aromatic carbocycles. The van der Waals surface area contributed by atoms with Gasteiger partial charge in [0.2, 0.25) is 5.91 Å². The van der Waals surface area contributed by atoms with Gasteiger partial charge in [-0.1, -0.05) is 6.92 Å². The third kappa shape index (κ3) is 6.08. The zero-order chi connectivity index (χ0) is 14.4. The Labute approximate surface area is 111 Å². The normalized spacial score (nSPS) is 17.3. The molecule has 1 aliphatic carbocycles. The Bertz CT molecular complexity index is 355. The van der Waals surface area contributed by atoms with E-state index in [1.165, 1.54) is 12.8 Å². The van der Waals surface area contributed by atoms with Crippen LogP contribution in [0.15, 0.2) is 0 Å². The molecule has 19 heavy (non-hydrogen) atoms. The number of amides is 3. The average Bonchev–Trinajstić information content (AvgIpc) is 3.14. The van der Waals surface area contributed by atoms with Crippen molar-refractivity contribution in [2.24, 2.45) is 17.6 Å². The molecular weight excluding hydrogens is 250 g/mol. The van der Waals surface area contributed by atoms with Crippen molar-refractivity contribution in [2.45, 2.75) is 38.6 Å². The number of nitrogens with one attached hydrogen (secondary N) is 2. The Morgan fingerprint density at radius 2 is 2.00 bits per heavy atom. The van der Waals surface area contributed by atoms with E-state index in [0.29, 0.717) is 18.4 Å². The van der Waals surface area contributed by atoms with E-state index in [0.717, 1.165) is 0 Å². The van der Waals surface area contributed by atoms with E-state index in [9.17, 15) is 14.4 Å². The number of carbonyl (C=O) groups excluding carboxylic acids is 2. The zero-order valence-electron chi connectivity index (χ0n) is 11.0. The van der Waals surface area contributed by atoms with Crippen LogP contribution in [0, 0.1) is 11.8 Å². The second-order valence-corrected chi connectivity index (χ2v) is 5.06. The summed E-state index contributed by atoms with van der Waals surface area (Å²) in [6.07, 6.45) is 2.31. The van der Waals surface area contributed by atoms with Crippen molar-refractivity contribution in [2.75, 3.05) is 6.54 Å². The van der Waals surface area contributed by atoms with Gasteiger partial charge in [-0.05, 0) is 31.1 Å². The maximum atomic E-state index is 11.5. The lowest BCUT2D eigenvalue weighted by Gasteiger charge is -2.16. The van der Waals surface area contributed by atoms with Gasteiger partial charge in [0.25, 0.3) is 0 Å². The molecule has 0 spiro atoms. The molecule has 5 N–H and O–H groups in total. The molecule has 3 amide bonds. The highest BCUT2D eigenvalue weighted by Crippen LogP contribution is 2.35. The number of nitrogens with two attached hydrogens (primary N) is 1. The molecule has 1 aliphatic rings. The number of aliphatic carboxylic acids is 1. The maximum absolute atomic E-state index is 11.5. The average molecular weight is 271 g/mol. The van der Waals surface area contributed by atoms with E-state index in [1.54, 1.807) is 0 Å². The van der Waals surface area contributed by atoms with Gasteiger partial charge in [0.1, 0.15) is 6.04 Å². The van der Waals surface area contributed by atoms with Crippen molar-refractivity contribution >= 4 is 17.9 Å². The molecule has 1 rings (SSSR count). The van der Waals surface area contributed by atoms with Crippen LogP contribution in [0.2, 0.25) is 0 Å². The van der Waals surface area contributed by atoms with Crippen molar-refractivity contribution in [3.8, 4) is 0 Å². The number of urea groups is 1. The molecule has 0 aromatic rings. The number of hydrogen-bond donors (Lipinski definition) is 4. The number of carboxylic acids is 1. The lowest BCUT2D eigenvalue weighted by atomic mass is 10.1. The largest absolute Gasteiger partial charge is 0.480 e. The van der Waals surface area contributed by atoms with E-state index < -0.39 is 23.9 Å². The summed E-state index contributed by atoms with van der Waals surface area (Å²) in [6.45, 7) is 2.58. The predicted molar refractivity (Wildman–Crippen MR) is 68.3 cm³/mol. The van der Waals surface area contributed by atoms with Crippen LogP contribution in [-0.4, -0.2) is 35.6 Å². The van der Waals surface area contributed by atoms with Gasteiger partial charge < -0.3 is 21.5 Å². The molecule has 1 fully saturated rings. The second-order valence-electron chi connectivity index (χ2n) is 5.06. The minimum atomic E-state index is -1.17. The first kappa shape index (κ1) is 15.3. The van der Waals surface area contributed by atoms with Gasteiger partial charge in [-0.3, -0.25) is 4.79 Å². The van der Waals surface area contributed by atoms with Crippen molar-refractivity contribution in [1.82, 2.24) is 10.6 Å². The number of hydrogen-bond acceptors (Lipinski definition) is 3. The van der Waals surface area contributed by atoms with Gasteiger partial charge in [0.05, 0.1) is 0 Å². The van der Waals surface area contributed by atoms with Gasteiger partial charge in [0.15, 0.2) is 0 Å². The lowest BCUT2D eigenvalue weighted by Crippen LogP contribution is -2.47. The summed E-state index contributed by atoms with van der Waals surface area (Å²) in [4.78, 5) is 33.1. The van der Waals surface area contributed by atoms with Gasteiger partial charge in [0, 0.05) is 13.0 Å². The highest BCUT2D eigenvalue weighted by atomic mass is 16.4. The minimum Gasteiger partial charge on any atom is -0.480 e. The molecule has 0 aromatic heterocycles. The van der Waals surface area contributed by atoms with Crippen LogP contribution in [0.3, 0.4) is 0 Å². The third-order valence-electron chi connectivity index (χ3n) is 3.29. The van der Waals surface area contributed by atoms with Gasteiger partial charge >= 0.3 is 12.0 Å². The highest BCUT2D eigenvalue weighted by Gasteiger charge is 2.28. The Morgan fingerprint density at radius 3 is 2.47 bits per heavy atom. The SMILES string of the molecule is CC(CNC(=O)N[C@@H](CCC(N)=O)C(=O)O)C1CC1. The summed E-state index contributed by atoms with van der Waals surface area (Å²) in [5.74, 6) is -0.687. The molecule has 108 valence electrons. The van der Waals surface area contributed by atoms with Crippen molar-refractivity contribution in [3.63, 3.8) is 0 Å². The van der Waals surface area contributed by atoms with Gasteiger partial charge in [-0.15, -0.1) is 0 Å². The Kier molecular flexibility index (Phi) is 5.59. The monoisotopic (exact) mass is 271 g/mol. The van der Waals surface area contributed by atoms with Crippen LogP contribution in [0.25, 0.3) is 0 Å². The molecule has 1 saturated carbocycles. The summed E-state index contributed by atoms with van der Waals surface area (Å²) in [7, 11) is 0. The molecule has 0 bridgehead atoms. The van der Waals surface area contributed by atoms with Crippen LogP contribution in [-0.2, 0) is 9.59 Å². The molecule has 0 aliphatic heterocycles. The first-order valence-electron chi connectivity index (χ1n) is 6.45. The van der Waals surface area contributed by atoms with Crippen LogP contribution in [0.5, 0.6) is 0 Å². The quantitative estimate of drug-likeness (QED) is 0.498. The summed E-state index contributed by atoms with van der Waals surface area (Å²) >= 11 is 0. The zero-order valence-corrected chi connectivity index (χ0v) is 11.0. The fraction of sp³-hybridized carbons (Fsp3) is 0.750. The summed E-state index contributed by atoms with van der Waals surface area (Å²) < 4.78 is 0. The fourth-order valence-electron chi connectivity index (χ4n) is 1.84. The lowest BCUT2D eigenvalue weighted by molar-refractivity contribution is -0.139. The van der Waals surface area contributed by atoms with Gasteiger partial charge in [-0.25, -0.2) is 9.59 Å².